The highest BCUT2D eigenvalue weighted by molar-refractivity contribution is 7.99. The maximum absolute atomic E-state index is 12.3. The fraction of sp³-hybridized carbons (Fsp3) is 0.0435. The van der Waals surface area contributed by atoms with Crippen molar-refractivity contribution in [3.8, 4) is 28.6 Å². The second-order valence-corrected chi connectivity index (χ2v) is 8.77. The molecule has 0 saturated heterocycles. The molecule has 0 aliphatic rings. The van der Waals surface area contributed by atoms with Crippen LogP contribution in [0.5, 0.6) is 11.5 Å². The molecule has 8 nitrogen and oxygen atoms in total. The Morgan fingerprint density at radius 2 is 1.65 bits per heavy atom. The molecule has 4 rings (SSSR count). The van der Waals surface area contributed by atoms with E-state index in [1.165, 1.54) is 30.1 Å². The van der Waals surface area contributed by atoms with Gasteiger partial charge in [-0.15, -0.1) is 10.2 Å². The van der Waals surface area contributed by atoms with Gasteiger partial charge in [0.25, 0.3) is 5.91 Å². The zero-order valence-corrected chi connectivity index (χ0v) is 19.7. The number of hydrazone groups is 1. The number of benzene rings is 3. The fourth-order valence-electron chi connectivity index (χ4n) is 2.93. The van der Waals surface area contributed by atoms with Crippen molar-refractivity contribution < 1.29 is 15.0 Å². The summed E-state index contributed by atoms with van der Waals surface area (Å²) in [5.74, 6) is -0.246. The Morgan fingerprint density at radius 3 is 2.32 bits per heavy atom. The number of rotatable bonds is 7. The second kappa shape index (κ2) is 10.6. The molecular weight excluding hydrogens is 497 g/mol. The number of carbonyl (C=O) groups excluding carboxylic acids is 1. The highest BCUT2D eigenvalue weighted by Crippen LogP contribution is 2.29. The minimum Gasteiger partial charge on any atom is -0.504 e. The molecule has 0 spiro atoms. The molecular formula is C23H17Cl2N5O3S. The summed E-state index contributed by atoms with van der Waals surface area (Å²) in [4.78, 5) is 12.3. The molecule has 3 N–H and O–H groups in total. The van der Waals surface area contributed by atoms with Gasteiger partial charge < -0.3 is 10.2 Å². The lowest BCUT2D eigenvalue weighted by Gasteiger charge is -2.10. The number of nitrogens with one attached hydrogen (secondary N) is 1. The van der Waals surface area contributed by atoms with E-state index in [-0.39, 0.29) is 23.2 Å². The van der Waals surface area contributed by atoms with E-state index in [9.17, 15) is 15.0 Å². The van der Waals surface area contributed by atoms with Gasteiger partial charge in [-0.3, -0.25) is 9.36 Å². The maximum Gasteiger partial charge on any atom is 0.250 e. The van der Waals surface area contributed by atoms with Crippen molar-refractivity contribution in [1.29, 1.82) is 0 Å². The van der Waals surface area contributed by atoms with E-state index in [2.05, 4.69) is 20.7 Å². The smallest absolute Gasteiger partial charge is 0.250 e. The molecule has 4 aromatic rings. The third-order valence-corrected chi connectivity index (χ3v) is 5.99. The van der Waals surface area contributed by atoms with E-state index >= 15 is 0 Å². The molecule has 0 saturated carbocycles. The molecule has 1 amide bonds. The van der Waals surface area contributed by atoms with Crippen LogP contribution < -0.4 is 5.43 Å². The summed E-state index contributed by atoms with van der Waals surface area (Å²) in [5.41, 5.74) is 4.53. The number of halogens is 2. The van der Waals surface area contributed by atoms with E-state index in [4.69, 9.17) is 23.2 Å². The molecule has 1 aromatic heterocycles. The number of hydrogen-bond acceptors (Lipinski definition) is 7. The average molecular weight is 514 g/mol. The topological polar surface area (TPSA) is 113 Å². The molecule has 172 valence electrons. The number of hydrogen-bond donors (Lipinski definition) is 3. The third kappa shape index (κ3) is 5.69. The lowest BCUT2D eigenvalue weighted by atomic mass is 10.2. The van der Waals surface area contributed by atoms with Crippen molar-refractivity contribution in [2.75, 3.05) is 5.75 Å². The molecule has 3 aromatic carbocycles. The lowest BCUT2D eigenvalue weighted by molar-refractivity contribution is -0.118. The van der Waals surface area contributed by atoms with Crippen molar-refractivity contribution in [3.63, 3.8) is 0 Å². The van der Waals surface area contributed by atoms with Crippen molar-refractivity contribution >= 4 is 47.1 Å². The minimum absolute atomic E-state index is 0.0323. The Labute approximate surface area is 208 Å². The SMILES string of the molecule is O=C(CSc1nnc(-c2ccc(Cl)cc2)n1-c1ccc(Cl)cc1)N/N=C\c1ccc(O)c(O)c1. The summed E-state index contributed by atoms with van der Waals surface area (Å²) in [6, 6.07) is 18.6. The standard InChI is InChI=1S/C23H17Cl2N5O3S/c24-16-4-2-15(3-5-16)22-28-29-23(30(22)18-8-6-17(25)7-9-18)34-13-21(33)27-26-12-14-1-10-19(31)20(32)11-14/h1-12,31-32H,13H2,(H,27,33)/b26-12-. The summed E-state index contributed by atoms with van der Waals surface area (Å²) in [7, 11) is 0. The van der Waals surface area contributed by atoms with Crippen LogP contribution in [0.4, 0.5) is 0 Å². The number of thioether (sulfide) groups is 1. The van der Waals surface area contributed by atoms with Gasteiger partial charge in [0.15, 0.2) is 22.5 Å². The predicted molar refractivity (Wildman–Crippen MR) is 133 cm³/mol. The lowest BCUT2D eigenvalue weighted by Crippen LogP contribution is -2.20. The van der Waals surface area contributed by atoms with Crippen molar-refractivity contribution in [3.05, 3.63) is 82.3 Å². The van der Waals surface area contributed by atoms with Gasteiger partial charge in [-0.1, -0.05) is 35.0 Å². The average Bonchev–Trinajstić information content (AvgIpc) is 3.25. The van der Waals surface area contributed by atoms with Crippen molar-refractivity contribution in [2.45, 2.75) is 5.16 Å². The normalized spacial score (nSPS) is 11.1. The van der Waals surface area contributed by atoms with Crippen LogP contribution in [0.15, 0.2) is 77.0 Å². The molecule has 0 atom stereocenters. The number of amides is 1. The van der Waals surface area contributed by atoms with Crippen molar-refractivity contribution in [2.24, 2.45) is 5.10 Å². The van der Waals surface area contributed by atoms with Crippen LogP contribution in [-0.2, 0) is 4.79 Å². The van der Waals surface area contributed by atoms with Crippen molar-refractivity contribution in [1.82, 2.24) is 20.2 Å². The largest absolute Gasteiger partial charge is 0.504 e. The Balaban J connectivity index is 1.50. The first kappa shape index (κ1) is 23.6. The number of aromatic hydroxyl groups is 2. The number of carbonyl (C=O) groups is 1. The predicted octanol–water partition coefficient (Wildman–Crippen LogP) is 4.89. The summed E-state index contributed by atoms with van der Waals surface area (Å²) in [6.45, 7) is 0. The molecule has 0 bridgehead atoms. The van der Waals surface area contributed by atoms with Crippen LogP contribution in [0.3, 0.4) is 0 Å². The molecule has 0 radical (unpaired) electrons. The van der Waals surface area contributed by atoms with Crippen LogP contribution >= 0.6 is 35.0 Å². The zero-order valence-electron chi connectivity index (χ0n) is 17.4. The molecule has 0 unspecified atom stereocenters. The van der Waals surface area contributed by atoms with Crippen LogP contribution in [0.1, 0.15) is 5.56 Å². The van der Waals surface area contributed by atoms with E-state index in [0.717, 1.165) is 11.3 Å². The summed E-state index contributed by atoms with van der Waals surface area (Å²) in [5, 5.41) is 33.0. The minimum atomic E-state index is -0.358. The number of phenols is 2. The molecule has 34 heavy (non-hydrogen) atoms. The first-order chi connectivity index (χ1) is 16.4. The zero-order chi connectivity index (χ0) is 24.1. The van der Waals surface area contributed by atoms with Gasteiger partial charge in [0, 0.05) is 21.3 Å². The number of phenolic OH excluding ortho intramolecular Hbond substituents is 2. The Hall–Kier alpha value is -3.53. The van der Waals surface area contributed by atoms with Gasteiger partial charge in [0.2, 0.25) is 0 Å². The van der Waals surface area contributed by atoms with Crippen LogP contribution in [0.2, 0.25) is 10.0 Å². The highest BCUT2D eigenvalue weighted by Gasteiger charge is 2.17. The van der Waals surface area contributed by atoms with E-state index in [1.54, 1.807) is 30.3 Å². The maximum atomic E-state index is 12.3. The first-order valence-electron chi connectivity index (χ1n) is 9.84. The monoisotopic (exact) mass is 513 g/mol. The Kier molecular flexibility index (Phi) is 7.36. The molecule has 0 fully saturated rings. The third-order valence-electron chi connectivity index (χ3n) is 4.56. The van der Waals surface area contributed by atoms with E-state index in [0.29, 0.717) is 26.6 Å². The quantitative estimate of drug-likeness (QED) is 0.140. The molecule has 11 heteroatoms. The Bertz CT molecular complexity index is 1340. The van der Waals surface area contributed by atoms with Gasteiger partial charge in [-0.05, 0) is 72.3 Å². The molecule has 0 aliphatic heterocycles. The van der Waals surface area contributed by atoms with Crippen LogP contribution in [-0.4, -0.2) is 42.9 Å². The molecule has 1 heterocycles. The van der Waals surface area contributed by atoms with Gasteiger partial charge in [-0.25, -0.2) is 5.43 Å². The van der Waals surface area contributed by atoms with Crippen LogP contribution in [0, 0.1) is 0 Å². The van der Waals surface area contributed by atoms with Gasteiger partial charge in [-0.2, -0.15) is 5.10 Å². The second-order valence-electron chi connectivity index (χ2n) is 6.95. The van der Waals surface area contributed by atoms with E-state index in [1.807, 2.05) is 28.8 Å². The van der Waals surface area contributed by atoms with Gasteiger partial charge >= 0.3 is 0 Å². The van der Waals surface area contributed by atoms with E-state index < -0.39 is 0 Å². The molecule has 0 aliphatic carbocycles. The van der Waals surface area contributed by atoms with Gasteiger partial charge in [0.1, 0.15) is 0 Å². The van der Waals surface area contributed by atoms with Gasteiger partial charge in [0.05, 0.1) is 12.0 Å². The van der Waals surface area contributed by atoms with Crippen LogP contribution in [0.25, 0.3) is 17.1 Å². The highest BCUT2D eigenvalue weighted by atomic mass is 35.5. The summed E-state index contributed by atoms with van der Waals surface area (Å²) >= 11 is 13.3. The number of nitrogens with zero attached hydrogens (tertiary/aromatic N) is 4. The Morgan fingerprint density at radius 1 is 0.971 bits per heavy atom. The first-order valence-corrected chi connectivity index (χ1v) is 11.6. The fourth-order valence-corrected chi connectivity index (χ4v) is 3.93. The summed E-state index contributed by atoms with van der Waals surface area (Å²) in [6.07, 6.45) is 1.36. The number of aromatic nitrogens is 3. The summed E-state index contributed by atoms with van der Waals surface area (Å²) < 4.78 is 1.83.